The van der Waals surface area contributed by atoms with Gasteiger partial charge in [0, 0.05) is 0 Å². The van der Waals surface area contributed by atoms with Crippen molar-refractivity contribution in [2.75, 3.05) is 7.11 Å². The minimum atomic E-state index is -0.262. The van der Waals surface area contributed by atoms with E-state index in [-0.39, 0.29) is 6.10 Å². The van der Waals surface area contributed by atoms with Crippen LogP contribution in [0.1, 0.15) is 36.8 Å². The highest BCUT2D eigenvalue weighted by atomic mass is 16.5. The first kappa shape index (κ1) is 15.6. The normalized spacial score (nSPS) is 13.7. The predicted octanol–water partition coefficient (Wildman–Crippen LogP) is 4.18. The van der Waals surface area contributed by atoms with Crippen LogP contribution < -0.4 is 4.74 Å². The molecule has 2 aromatic carbocycles. The van der Waals surface area contributed by atoms with Gasteiger partial charge in [0.25, 0.3) is 0 Å². The average molecular weight is 284 g/mol. The van der Waals surface area contributed by atoms with Crippen molar-refractivity contribution < 1.29 is 9.84 Å². The summed E-state index contributed by atoms with van der Waals surface area (Å²) < 4.78 is 5.15. The van der Waals surface area contributed by atoms with Crippen molar-refractivity contribution in [3.05, 3.63) is 65.7 Å². The van der Waals surface area contributed by atoms with Crippen LogP contribution in [0.3, 0.4) is 0 Å². The third-order valence-electron chi connectivity index (χ3n) is 3.92. The molecule has 0 radical (unpaired) electrons. The molecule has 2 nitrogen and oxygen atoms in total. The van der Waals surface area contributed by atoms with Crippen molar-refractivity contribution in [2.45, 2.75) is 38.2 Å². The third kappa shape index (κ3) is 4.91. The van der Waals surface area contributed by atoms with Gasteiger partial charge < -0.3 is 9.84 Å². The lowest BCUT2D eigenvalue weighted by Crippen LogP contribution is -2.12. The molecule has 0 aliphatic rings. The summed E-state index contributed by atoms with van der Waals surface area (Å²) in [7, 11) is 1.67. The van der Waals surface area contributed by atoms with Gasteiger partial charge in [0.15, 0.2) is 0 Å². The highest BCUT2D eigenvalue weighted by molar-refractivity contribution is 5.27. The minimum absolute atomic E-state index is 0.262. The van der Waals surface area contributed by atoms with E-state index in [0.29, 0.717) is 5.92 Å². The van der Waals surface area contributed by atoms with Gasteiger partial charge >= 0.3 is 0 Å². The highest BCUT2D eigenvalue weighted by Gasteiger charge is 2.12. The second-order valence-electron chi connectivity index (χ2n) is 5.59. The minimum Gasteiger partial charge on any atom is -0.497 e. The van der Waals surface area contributed by atoms with Crippen molar-refractivity contribution in [3.8, 4) is 5.75 Å². The van der Waals surface area contributed by atoms with Gasteiger partial charge in [-0.3, -0.25) is 0 Å². The zero-order valence-electron chi connectivity index (χ0n) is 12.8. The van der Waals surface area contributed by atoms with E-state index in [2.05, 4.69) is 43.3 Å². The van der Waals surface area contributed by atoms with Crippen LogP contribution in [0.15, 0.2) is 54.6 Å². The van der Waals surface area contributed by atoms with E-state index >= 15 is 0 Å². The molecule has 2 aromatic rings. The summed E-state index contributed by atoms with van der Waals surface area (Å²) in [6.07, 6.45) is 2.23. The summed E-state index contributed by atoms with van der Waals surface area (Å²) >= 11 is 0. The molecule has 0 heterocycles. The Kier molecular flexibility index (Phi) is 5.82. The molecule has 21 heavy (non-hydrogen) atoms. The fraction of sp³-hybridized carbons (Fsp3) is 0.368. The monoisotopic (exact) mass is 284 g/mol. The van der Waals surface area contributed by atoms with E-state index in [1.165, 1.54) is 11.1 Å². The maximum atomic E-state index is 10.2. The van der Waals surface area contributed by atoms with Gasteiger partial charge in [0.1, 0.15) is 5.75 Å². The van der Waals surface area contributed by atoms with Gasteiger partial charge in [-0.1, -0.05) is 49.4 Å². The molecule has 2 unspecified atom stereocenters. The Hall–Kier alpha value is -1.80. The van der Waals surface area contributed by atoms with Crippen molar-refractivity contribution in [1.82, 2.24) is 0 Å². The van der Waals surface area contributed by atoms with Crippen molar-refractivity contribution >= 4 is 0 Å². The highest BCUT2D eigenvalue weighted by Crippen LogP contribution is 2.22. The van der Waals surface area contributed by atoms with Crippen LogP contribution in [0.25, 0.3) is 0 Å². The molecule has 2 rings (SSSR count). The van der Waals surface area contributed by atoms with E-state index in [1.807, 2.05) is 18.2 Å². The number of ether oxygens (including phenoxy) is 1. The fourth-order valence-corrected chi connectivity index (χ4v) is 2.57. The average Bonchev–Trinajstić information content (AvgIpc) is 2.54. The Labute approximate surface area is 127 Å². The molecule has 0 aliphatic carbocycles. The number of rotatable bonds is 7. The Morgan fingerprint density at radius 3 is 2.29 bits per heavy atom. The Bertz CT molecular complexity index is 519. The molecule has 0 bridgehead atoms. The summed E-state index contributed by atoms with van der Waals surface area (Å²) in [6.45, 7) is 2.17. The zero-order valence-corrected chi connectivity index (χ0v) is 12.8. The lowest BCUT2D eigenvalue weighted by Gasteiger charge is -2.17. The molecule has 112 valence electrons. The molecule has 0 fully saturated rings. The van der Waals surface area contributed by atoms with Crippen molar-refractivity contribution in [1.29, 1.82) is 0 Å². The van der Waals surface area contributed by atoms with Gasteiger partial charge in [-0.15, -0.1) is 0 Å². The topological polar surface area (TPSA) is 29.5 Å². The first-order chi connectivity index (χ1) is 10.2. The molecular formula is C19H24O2. The molecule has 0 amide bonds. The van der Waals surface area contributed by atoms with Crippen LogP contribution >= 0.6 is 0 Å². The standard InChI is InChI=1S/C19H24O2/c1-15(17-6-4-3-5-7-17)14-18(20)11-8-16-9-12-19(21-2)13-10-16/h3-7,9-10,12-13,15,18,20H,8,11,14H2,1-2H3. The SMILES string of the molecule is COc1ccc(CCC(O)CC(C)c2ccccc2)cc1. The summed E-state index contributed by atoms with van der Waals surface area (Å²) in [6, 6.07) is 18.4. The van der Waals surface area contributed by atoms with Crippen molar-refractivity contribution in [2.24, 2.45) is 0 Å². The van der Waals surface area contributed by atoms with Gasteiger partial charge in [0.2, 0.25) is 0 Å². The van der Waals surface area contributed by atoms with Gasteiger partial charge in [-0.05, 0) is 48.4 Å². The van der Waals surface area contributed by atoms with Gasteiger partial charge in [-0.2, -0.15) is 0 Å². The number of benzene rings is 2. The second kappa shape index (κ2) is 7.84. The van der Waals surface area contributed by atoms with Crippen LogP contribution in [-0.4, -0.2) is 18.3 Å². The van der Waals surface area contributed by atoms with Gasteiger partial charge in [0.05, 0.1) is 13.2 Å². The number of methoxy groups -OCH3 is 1. The van der Waals surface area contributed by atoms with E-state index in [0.717, 1.165) is 25.0 Å². The molecular weight excluding hydrogens is 260 g/mol. The van der Waals surface area contributed by atoms with E-state index in [4.69, 9.17) is 4.74 Å². The molecule has 0 saturated carbocycles. The maximum absolute atomic E-state index is 10.2. The third-order valence-corrected chi connectivity index (χ3v) is 3.92. The van der Waals surface area contributed by atoms with Gasteiger partial charge in [-0.25, -0.2) is 0 Å². The van der Waals surface area contributed by atoms with Crippen LogP contribution in [0.2, 0.25) is 0 Å². The Morgan fingerprint density at radius 1 is 1.00 bits per heavy atom. The number of aliphatic hydroxyl groups excluding tert-OH is 1. The molecule has 1 N–H and O–H groups in total. The number of aryl methyl sites for hydroxylation is 1. The second-order valence-corrected chi connectivity index (χ2v) is 5.59. The molecule has 0 aliphatic heterocycles. The summed E-state index contributed by atoms with van der Waals surface area (Å²) in [5.74, 6) is 1.26. The number of hydrogen-bond acceptors (Lipinski definition) is 2. The predicted molar refractivity (Wildman–Crippen MR) is 86.8 cm³/mol. The molecule has 0 spiro atoms. The number of aliphatic hydroxyl groups is 1. The Morgan fingerprint density at radius 2 is 1.67 bits per heavy atom. The summed E-state index contributed by atoms with van der Waals surface area (Å²) in [4.78, 5) is 0. The Balaban J connectivity index is 1.80. The smallest absolute Gasteiger partial charge is 0.118 e. The largest absolute Gasteiger partial charge is 0.497 e. The van der Waals surface area contributed by atoms with E-state index < -0.39 is 0 Å². The van der Waals surface area contributed by atoms with Crippen molar-refractivity contribution in [3.63, 3.8) is 0 Å². The quantitative estimate of drug-likeness (QED) is 0.826. The number of hydrogen-bond donors (Lipinski definition) is 1. The molecule has 2 heteroatoms. The van der Waals surface area contributed by atoms with E-state index in [9.17, 15) is 5.11 Å². The molecule has 0 aromatic heterocycles. The van der Waals surface area contributed by atoms with Crippen LogP contribution in [0.4, 0.5) is 0 Å². The lowest BCUT2D eigenvalue weighted by atomic mass is 9.93. The van der Waals surface area contributed by atoms with E-state index in [1.54, 1.807) is 7.11 Å². The summed E-state index contributed by atoms with van der Waals surface area (Å²) in [5.41, 5.74) is 2.53. The first-order valence-electron chi connectivity index (χ1n) is 7.55. The fourth-order valence-electron chi connectivity index (χ4n) is 2.57. The first-order valence-corrected chi connectivity index (χ1v) is 7.55. The lowest BCUT2D eigenvalue weighted by molar-refractivity contribution is 0.147. The summed E-state index contributed by atoms with van der Waals surface area (Å²) in [5, 5.41) is 10.2. The molecule has 0 saturated heterocycles. The van der Waals surface area contributed by atoms with Crippen LogP contribution in [0.5, 0.6) is 5.75 Å². The van der Waals surface area contributed by atoms with Crippen LogP contribution in [-0.2, 0) is 6.42 Å². The maximum Gasteiger partial charge on any atom is 0.118 e. The molecule has 2 atom stereocenters. The zero-order chi connectivity index (χ0) is 15.1. The van der Waals surface area contributed by atoms with Crippen LogP contribution in [0, 0.1) is 0 Å².